The van der Waals surface area contributed by atoms with E-state index in [9.17, 15) is 9.59 Å². The molecular formula is C22H21ClN4O2S2. The van der Waals surface area contributed by atoms with Crippen LogP contribution >= 0.6 is 34.7 Å². The molecule has 0 atom stereocenters. The van der Waals surface area contributed by atoms with Crippen LogP contribution in [-0.2, 0) is 25.1 Å². The van der Waals surface area contributed by atoms with Gasteiger partial charge in [0, 0.05) is 16.4 Å². The van der Waals surface area contributed by atoms with Crippen LogP contribution in [0.5, 0.6) is 0 Å². The van der Waals surface area contributed by atoms with Crippen LogP contribution < -0.4 is 11.1 Å². The van der Waals surface area contributed by atoms with E-state index in [1.165, 1.54) is 22.2 Å². The molecule has 0 spiro atoms. The zero-order valence-corrected chi connectivity index (χ0v) is 19.6. The monoisotopic (exact) mass is 472 g/mol. The van der Waals surface area contributed by atoms with Gasteiger partial charge in [-0.15, -0.1) is 11.3 Å². The molecule has 0 bridgehead atoms. The second-order valence-electron chi connectivity index (χ2n) is 8.20. The Morgan fingerprint density at radius 1 is 1.26 bits per heavy atom. The molecule has 0 radical (unpaired) electrons. The normalized spacial score (nSPS) is 13.5. The molecule has 0 fully saturated rings. The van der Waals surface area contributed by atoms with Gasteiger partial charge in [-0.25, -0.2) is 9.97 Å². The van der Waals surface area contributed by atoms with Crippen LogP contribution in [-0.4, -0.2) is 19.5 Å². The second-order valence-corrected chi connectivity index (χ2v) is 10.7. The lowest BCUT2D eigenvalue weighted by atomic mass is 10.2. The van der Waals surface area contributed by atoms with Crippen molar-refractivity contribution in [1.29, 1.82) is 0 Å². The maximum absolute atomic E-state index is 13.1. The number of benzene rings is 1. The quantitative estimate of drug-likeness (QED) is 0.334. The first kappa shape index (κ1) is 20.7. The van der Waals surface area contributed by atoms with Gasteiger partial charge in [0.1, 0.15) is 10.7 Å². The number of aryl methyl sites for hydroxylation is 2. The first-order valence-corrected chi connectivity index (χ1v) is 12.4. The zero-order chi connectivity index (χ0) is 21.7. The molecule has 0 unspecified atom stereocenters. The van der Waals surface area contributed by atoms with Crippen LogP contribution in [0.2, 0.25) is 5.02 Å². The fraction of sp³-hybridized carbons (Fsp3) is 0.364. The van der Waals surface area contributed by atoms with Gasteiger partial charge in [0.05, 0.1) is 22.0 Å². The molecule has 1 N–H and O–H groups in total. The van der Waals surface area contributed by atoms with Crippen LogP contribution in [0.1, 0.15) is 36.5 Å². The minimum atomic E-state index is -0.102. The van der Waals surface area contributed by atoms with Crippen molar-refractivity contribution in [2.24, 2.45) is 5.92 Å². The Kier molecular flexibility index (Phi) is 5.40. The van der Waals surface area contributed by atoms with Gasteiger partial charge < -0.3 is 4.98 Å². The predicted octanol–water partition coefficient (Wildman–Crippen LogP) is 4.78. The Labute approximate surface area is 191 Å². The Morgan fingerprint density at radius 3 is 2.90 bits per heavy atom. The fourth-order valence-electron chi connectivity index (χ4n) is 4.06. The third-order valence-electron chi connectivity index (χ3n) is 5.39. The Morgan fingerprint density at radius 2 is 2.10 bits per heavy atom. The number of hydrogen-bond donors (Lipinski definition) is 1. The van der Waals surface area contributed by atoms with E-state index in [-0.39, 0.29) is 17.0 Å². The van der Waals surface area contributed by atoms with E-state index >= 15 is 0 Å². The van der Waals surface area contributed by atoms with Crippen molar-refractivity contribution in [3.63, 3.8) is 0 Å². The van der Waals surface area contributed by atoms with Crippen molar-refractivity contribution < 1.29 is 0 Å². The van der Waals surface area contributed by atoms with Crippen molar-refractivity contribution in [2.75, 3.05) is 0 Å². The molecule has 0 aliphatic heterocycles. The Balaban J connectivity index is 1.52. The number of aromatic nitrogens is 4. The van der Waals surface area contributed by atoms with Crippen LogP contribution in [0.15, 0.2) is 32.9 Å². The molecule has 9 heteroatoms. The van der Waals surface area contributed by atoms with Gasteiger partial charge in [0.2, 0.25) is 0 Å². The maximum atomic E-state index is 13.1. The topological polar surface area (TPSA) is 80.6 Å². The highest BCUT2D eigenvalue weighted by Gasteiger charge is 2.21. The fourth-order valence-corrected chi connectivity index (χ4v) is 6.39. The smallest absolute Gasteiger partial charge is 0.262 e. The summed E-state index contributed by atoms with van der Waals surface area (Å²) < 4.78 is 1.70. The third-order valence-corrected chi connectivity index (χ3v) is 7.80. The number of fused-ring (bicyclic) bond motifs is 4. The molecule has 160 valence electrons. The number of thiophene rings is 1. The average molecular weight is 473 g/mol. The number of nitrogens with one attached hydrogen (secondary N) is 1. The summed E-state index contributed by atoms with van der Waals surface area (Å²) in [7, 11) is 0. The van der Waals surface area contributed by atoms with E-state index in [4.69, 9.17) is 21.6 Å². The molecule has 0 saturated heterocycles. The molecule has 1 aliphatic rings. The highest BCUT2D eigenvalue weighted by Crippen LogP contribution is 2.34. The Bertz CT molecular complexity index is 1440. The van der Waals surface area contributed by atoms with E-state index < -0.39 is 0 Å². The van der Waals surface area contributed by atoms with Crippen LogP contribution in [0.3, 0.4) is 0 Å². The number of rotatable bonds is 5. The van der Waals surface area contributed by atoms with Gasteiger partial charge in [-0.05, 0) is 48.9 Å². The van der Waals surface area contributed by atoms with E-state index in [1.807, 2.05) is 0 Å². The molecule has 4 aromatic rings. The summed E-state index contributed by atoms with van der Waals surface area (Å²) in [5, 5.41) is 2.40. The molecular weight excluding hydrogens is 452 g/mol. The number of nitrogens with zero attached hydrogens (tertiary/aromatic N) is 3. The van der Waals surface area contributed by atoms with Gasteiger partial charge in [-0.1, -0.05) is 37.2 Å². The first-order chi connectivity index (χ1) is 14.9. The van der Waals surface area contributed by atoms with Crippen molar-refractivity contribution in [3.05, 3.63) is 60.2 Å². The molecule has 6 nitrogen and oxygen atoms in total. The van der Waals surface area contributed by atoms with E-state index in [0.29, 0.717) is 39.2 Å². The molecule has 3 heterocycles. The molecule has 1 aliphatic carbocycles. The maximum Gasteiger partial charge on any atom is 0.262 e. The summed E-state index contributed by atoms with van der Waals surface area (Å²) in [5.41, 5.74) is 1.62. The lowest BCUT2D eigenvalue weighted by Gasteiger charge is -2.15. The second kappa shape index (κ2) is 8.07. The van der Waals surface area contributed by atoms with Crippen LogP contribution in [0, 0.1) is 5.92 Å². The SMILES string of the molecule is CC(C)Cn1c(SCc2nc3sc4c(c3c(=O)[nH]2)CCC4)nc2ccc(Cl)cc2c1=O. The van der Waals surface area contributed by atoms with Crippen LogP contribution in [0.4, 0.5) is 0 Å². The van der Waals surface area contributed by atoms with Crippen LogP contribution in [0.25, 0.3) is 21.1 Å². The number of aromatic amines is 1. The first-order valence-electron chi connectivity index (χ1n) is 10.3. The summed E-state index contributed by atoms with van der Waals surface area (Å²) >= 11 is 9.14. The molecule has 0 saturated carbocycles. The average Bonchev–Trinajstić information content (AvgIpc) is 3.30. The predicted molar refractivity (Wildman–Crippen MR) is 128 cm³/mol. The zero-order valence-electron chi connectivity index (χ0n) is 17.2. The van der Waals surface area contributed by atoms with E-state index in [0.717, 1.165) is 29.5 Å². The van der Waals surface area contributed by atoms with Gasteiger partial charge >= 0.3 is 0 Å². The third kappa shape index (κ3) is 3.81. The summed E-state index contributed by atoms with van der Waals surface area (Å²) in [5.74, 6) is 1.31. The lowest BCUT2D eigenvalue weighted by Crippen LogP contribution is -2.25. The number of thioether (sulfide) groups is 1. The van der Waals surface area contributed by atoms with Gasteiger partial charge in [-0.2, -0.15) is 0 Å². The molecule has 1 aromatic carbocycles. The van der Waals surface area contributed by atoms with Crippen molar-refractivity contribution in [2.45, 2.75) is 50.6 Å². The molecule has 0 amide bonds. The molecule has 5 rings (SSSR count). The van der Waals surface area contributed by atoms with Crippen molar-refractivity contribution in [3.8, 4) is 0 Å². The molecule has 31 heavy (non-hydrogen) atoms. The number of halogens is 1. The minimum Gasteiger partial charge on any atom is -0.309 e. The summed E-state index contributed by atoms with van der Waals surface area (Å²) in [6, 6.07) is 5.17. The summed E-state index contributed by atoms with van der Waals surface area (Å²) in [6.45, 7) is 4.68. The summed E-state index contributed by atoms with van der Waals surface area (Å²) in [6.07, 6.45) is 3.10. The van der Waals surface area contributed by atoms with Gasteiger partial charge in [0.25, 0.3) is 11.1 Å². The highest BCUT2D eigenvalue weighted by atomic mass is 35.5. The Hall–Kier alpha value is -2.16. The number of H-pyrrole nitrogens is 1. The lowest BCUT2D eigenvalue weighted by molar-refractivity contribution is 0.475. The van der Waals surface area contributed by atoms with Gasteiger partial charge in [-0.3, -0.25) is 14.2 Å². The van der Waals surface area contributed by atoms with E-state index in [1.54, 1.807) is 34.1 Å². The van der Waals surface area contributed by atoms with Crippen molar-refractivity contribution in [1.82, 2.24) is 19.5 Å². The van der Waals surface area contributed by atoms with E-state index in [2.05, 4.69) is 18.8 Å². The van der Waals surface area contributed by atoms with Crippen molar-refractivity contribution >= 4 is 55.8 Å². The number of hydrogen-bond acceptors (Lipinski definition) is 6. The highest BCUT2D eigenvalue weighted by molar-refractivity contribution is 7.98. The van der Waals surface area contributed by atoms with Gasteiger partial charge in [0.15, 0.2) is 5.16 Å². The largest absolute Gasteiger partial charge is 0.309 e. The molecule has 3 aromatic heterocycles. The summed E-state index contributed by atoms with van der Waals surface area (Å²) in [4.78, 5) is 40.3. The standard InChI is InChI=1S/C22H21ClN4O2S2/c1-11(2)9-27-21(29)14-8-12(23)6-7-15(14)24-22(27)30-10-17-25-19(28)18-13-4-3-5-16(13)31-20(18)26-17/h6-8,11H,3-5,9-10H2,1-2H3,(H,25,26,28). The minimum absolute atomic E-state index is 0.0688.